The molecule has 1 aromatic carbocycles. The molecular formula is C17H28N2O4S. The van der Waals surface area contributed by atoms with E-state index >= 15 is 0 Å². The summed E-state index contributed by atoms with van der Waals surface area (Å²) >= 11 is 0. The van der Waals surface area contributed by atoms with Gasteiger partial charge in [0.05, 0.1) is 30.8 Å². The number of piperazine rings is 1. The number of nitrogens with zero attached hydrogens (tertiary/aromatic N) is 2. The summed E-state index contributed by atoms with van der Waals surface area (Å²) in [6.45, 7) is 8.93. The zero-order valence-corrected chi connectivity index (χ0v) is 15.6. The monoisotopic (exact) mass is 356 g/mol. The van der Waals surface area contributed by atoms with Crippen LogP contribution < -0.4 is 9.64 Å². The van der Waals surface area contributed by atoms with Gasteiger partial charge in [-0.15, -0.1) is 0 Å². The lowest BCUT2D eigenvalue weighted by molar-refractivity contribution is 0.0906. The highest BCUT2D eigenvalue weighted by atomic mass is 32.2. The van der Waals surface area contributed by atoms with Gasteiger partial charge in [0.25, 0.3) is 0 Å². The molecule has 136 valence electrons. The van der Waals surface area contributed by atoms with Crippen LogP contribution in [-0.4, -0.2) is 64.0 Å². The largest absolute Gasteiger partial charge is 0.492 e. The number of hydrogen-bond acceptors (Lipinski definition) is 5. The minimum Gasteiger partial charge on any atom is -0.492 e. The molecule has 2 rings (SSSR count). The van der Waals surface area contributed by atoms with Gasteiger partial charge in [-0.3, -0.25) is 0 Å². The second-order valence-electron chi connectivity index (χ2n) is 6.02. The fourth-order valence-electron chi connectivity index (χ4n) is 2.72. The summed E-state index contributed by atoms with van der Waals surface area (Å²) in [5.74, 6) is 0.891. The highest BCUT2D eigenvalue weighted by molar-refractivity contribution is 7.89. The Labute approximate surface area is 145 Å². The van der Waals surface area contributed by atoms with Crippen LogP contribution in [0.5, 0.6) is 5.75 Å². The van der Waals surface area contributed by atoms with Crippen LogP contribution in [0, 0.1) is 0 Å². The van der Waals surface area contributed by atoms with Gasteiger partial charge in [0.1, 0.15) is 5.75 Å². The van der Waals surface area contributed by atoms with Crippen molar-refractivity contribution in [1.29, 1.82) is 0 Å². The molecule has 0 spiro atoms. The molecule has 1 fully saturated rings. The van der Waals surface area contributed by atoms with Gasteiger partial charge in [0, 0.05) is 26.2 Å². The predicted octanol–water partition coefficient (Wildman–Crippen LogP) is 1.96. The number of anilines is 1. The zero-order valence-electron chi connectivity index (χ0n) is 14.8. The first-order chi connectivity index (χ1) is 11.4. The molecule has 0 aromatic heterocycles. The summed E-state index contributed by atoms with van der Waals surface area (Å²) < 4.78 is 37.4. The van der Waals surface area contributed by atoms with E-state index in [2.05, 4.69) is 4.90 Å². The highest BCUT2D eigenvalue weighted by Gasteiger charge is 2.27. The van der Waals surface area contributed by atoms with Crippen LogP contribution in [0.3, 0.4) is 0 Å². The number of para-hydroxylation sites is 2. The molecule has 0 saturated carbocycles. The first-order valence-corrected chi connectivity index (χ1v) is 10.1. The van der Waals surface area contributed by atoms with Crippen molar-refractivity contribution in [1.82, 2.24) is 4.31 Å². The predicted molar refractivity (Wildman–Crippen MR) is 96.3 cm³/mol. The molecule has 0 atom stereocenters. The van der Waals surface area contributed by atoms with Crippen LogP contribution in [0.2, 0.25) is 0 Å². The van der Waals surface area contributed by atoms with E-state index in [1.807, 2.05) is 45.0 Å². The van der Waals surface area contributed by atoms with Crippen molar-refractivity contribution >= 4 is 15.7 Å². The summed E-state index contributed by atoms with van der Waals surface area (Å²) in [6, 6.07) is 7.89. The summed E-state index contributed by atoms with van der Waals surface area (Å²) in [7, 11) is -3.25. The maximum Gasteiger partial charge on any atom is 0.216 e. The Morgan fingerprint density at radius 2 is 1.79 bits per heavy atom. The van der Waals surface area contributed by atoms with E-state index in [0.717, 1.165) is 11.4 Å². The van der Waals surface area contributed by atoms with E-state index in [9.17, 15) is 8.42 Å². The third kappa shape index (κ3) is 5.09. The van der Waals surface area contributed by atoms with Crippen LogP contribution in [0.15, 0.2) is 24.3 Å². The average molecular weight is 356 g/mol. The van der Waals surface area contributed by atoms with Gasteiger partial charge in [0.2, 0.25) is 10.0 Å². The Morgan fingerprint density at radius 1 is 1.12 bits per heavy atom. The quantitative estimate of drug-likeness (QED) is 0.713. The summed E-state index contributed by atoms with van der Waals surface area (Å²) in [4.78, 5) is 2.18. The molecule has 6 nitrogen and oxygen atoms in total. The van der Waals surface area contributed by atoms with Gasteiger partial charge in [-0.25, -0.2) is 8.42 Å². The molecule has 1 aliphatic heterocycles. The maximum absolute atomic E-state index is 12.4. The number of rotatable bonds is 8. The lowest BCUT2D eigenvalue weighted by atomic mass is 10.2. The summed E-state index contributed by atoms with van der Waals surface area (Å²) in [5, 5.41) is 0. The molecule has 7 heteroatoms. The highest BCUT2D eigenvalue weighted by Crippen LogP contribution is 2.29. The van der Waals surface area contributed by atoms with Crippen molar-refractivity contribution in [3.05, 3.63) is 24.3 Å². The van der Waals surface area contributed by atoms with Crippen molar-refractivity contribution in [2.45, 2.75) is 26.9 Å². The average Bonchev–Trinajstić information content (AvgIpc) is 2.55. The summed E-state index contributed by atoms with van der Waals surface area (Å²) in [6.07, 6.45) is 0.0483. The number of sulfonamides is 1. The van der Waals surface area contributed by atoms with Crippen molar-refractivity contribution in [3.8, 4) is 5.75 Å². The van der Waals surface area contributed by atoms with Crippen LogP contribution in [-0.2, 0) is 14.8 Å². The molecule has 0 amide bonds. The SMILES string of the molecule is CCOc1ccccc1N1CCN(S(=O)(=O)CCOC(C)C)CC1. The van der Waals surface area contributed by atoms with Crippen LogP contribution >= 0.6 is 0 Å². The van der Waals surface area contributed by atoms with Crippen molar-refractivity contribution in [2.75, 3.05) is 50.0 Å². The molecule has 1 heterocycles. The Morgan fingerprint density at radius 3 is 2.42 bits per heavy atom. The van der Waals surface area contributed by atoms with E-state index in [4.69, 9.17) is 9.47 Å². The molecule has 0 N–H and O–H groups in total. The van der Waals surface area contributed by atoms with E-state index in [-0.39, 0.29) is 18.5 Å². The zero-order chi connectivity index (χ0) is 17.6. The molecule has 0 unspecified atom stereocenters. The molecule has 1 aromatic rings. The van der Waals surface area contributed by atoms with Gasteiger partial charge in [-0.05, 0) is 32.9 Å². The van der Waals surface area contributed by atoms with Crippen LogP contribution in [0.4, 0.5) is 5.69 Å². The van der Waals surface area contributed by atoms with Gasteiger partial charge >= 0.3 is 0 Å². The number of ether oxygens (including phenoxy) is 2. The van der Waals surface area contributed by atoms with E-state index in [0.29, 0.717) is 32.8 Å². The third-order valence-electron chi connectivity index (χ3n) is 3.93. The normalized spacial score (nSPS) is 16.6. The first-order valence-electron chi connectivity index (χ1n) is 8.50. The Bertz CT molecular complexity index is 611. The topological polar surface area (TPSA) is 59.1 Å². The van der Waals surface area contributed by atoms with Gasteiger partial charge in [0.15, 0.2) is 0 Å². The van der Waals surface area contributed by atoms with E-state index in [1.165, 1.54) is 0 Å². The second kappa shape index (κ2) is 8.69. The number of hydrogen-bond donors (Lipinski definition) is 0. The third-order valence-corrected chi connectivity index (χ3v) is 5.76. The van der Waals surface area contributed by atoms with Crippen molar-refractivity contribution < 1.29 is 17.9 Å². The molecule has 1 aliphatic rings. The van der Waals surface area contributed by atoms with Gasteiger partial charge in [-0.2, -0.15) is 4.31 Å². The lowest BCUT2D eigenvalue weighted by Gasteiger charge is -2.36. The lowest BCUT2D eigenvalue weighted by Crippen LogP contribution is -2.49. The minimum absolute atomic E-state index is 0.0424. The second-order valence-corrected chi connectivity index (χ2v) is 8.11. The molecular weight excluding hydrogens is 328 g/mol. The smallest absolute Gasteiger partial charge is 0.216 e. The van der Waals surface area contributed by atoms with Gasteiger partial charge in [-0.1, -0.05) is 12.1 Å². The fourth-order valence-corrected chi connectivity index (χ4v) is 4.01. The van der Waals surface area contributed by atoms with E-state index in [1.54, 1.807) is 4.31 Å². The maximum atomic E-state index is 12.4. The molecule has 1 saturated heterocycles. The van der Waals surface area contributed by atoms with Crippen molar-refractivity contribution in [2.24, 2.45) is 0 Å². The van der Waals surface area contributed by atoms with Crippen LogP contribution in [0.1, 0.15) is 20.8 Å². The standard InChI is InChI=1S/C17H28N2O4S/c1-4-22-17-8-6-5-7-16(17)18-9-11-19(12-10-18)24(20,21)14-13-23-15(2)3/h5-8,15H,4,9-14H2,1-3H3. The fraction of sp³-hybridized carbons (Fsp3) is 0.647. The van der Waals surface area contributed by atoms with Crippen LogP contribution in [0.25, 0.3) is 0 Å². The summed E-state index contributed by atoms with van der Waals surface area (Å²) in [5.41, 5.74) is 1.03. The first kappa shape index (κ1) is 19.0. The molecule has 24 heavy (non-hydrogen) atoms. The molecule has 0 radical (unpaired) electrons. The Balaban J connectivity index is 1.94. The van der Waals surface area contributed by atoms with E-state index < -0.39 is 10.0 Å². The van der Waals surface area contributed by atoms with Crippen molar-refractivity contribution in [3.63, 3.8) is 0 Å². The Kier molecular flexibility index (Phi) is 6.89. The molecule has 0 bridgehead atoms. The minimum atomic E-state index is -3.25. The van der Waals surface area contributed by atoms with Gasteiger partial charge < -0.3 is 14.4 Å². The number of benzene rings is 1. The molecule has 0 aliphatic carbocycles. The Hall–Kier alpha value is -1.31.